The van der Waals surface area contributed by atoms with E-state index in [1.165, 1.54) is 42.8 Å². The van der Waals surface area contributed by atoms with Crippen LogP contribution >= 0.6 is 23.7 Å². The number of halogens is 1. The quantitative estimate of drug-likeness (QED) is 0.153. The molecule has 1 aliphatic heterocycles. The first-order valence-corrected chi connectivity index (χ1v) is 14.4. The van der Waals surface area contributed by atoms with Crippen LogP contribution in [0.15, 0.2) is 47.4 Å². The molecule has 2 aromatic carbocycles. The molecule has 2 aromatic rings. The lowest BCUT2D eigenvalue weighted by molar-refractivity contribution is -0.106. The van der Waals surface area contributed by atoms with Crippen LogP contribution in [0.3, 0.4) is 0 Å². The topological polar surface area (TPSA) is 58.4 Å². The van der Waals surface area contributed by atoms with E-state index in [1.54, 1.807) is 11.9 Å². The van der Waals surface area contributed by atoms with E-state index in [4.69, 9.17) is 4.79 Å². The number of benzene rings is 2. The highest BCUT2D eigenvalue weighted by molar-refractivity contribution is 8.00. The lowest BCUT2D eigenvalue weighted by atomic mass is 9.85. The Labute approximate surface area is 213 Å². The second-order valence-corrected chi connectivity index (χ2v) is 10.6. The predicted octanol–water partition coefficient (Wildman–Crippen LogP) is 6.78. The van der Waals surface area contributed by atoms with Crippen molar-refractivity contribution in [1.82, 2.24) is 5.32 Å². The Morgan fingerprint density at radius 2 is 1.74 bits per heavy atom. The van der Waals surface area contributed by atoms with Gasteiger partial charge in [-0.3, -0.25) is 4.79 Å². The van der Waals surface area contributed by atoms with Crippen molar-refractivity contribution in [1.29, 1.82) is 0 Å². The zero-order chi connectivity index (χ0) is 24.8. The number of hydrogen-bond donors (Lipinski definition) is 2. The third kappa shape index (κ3) is 8.51. The number of alkyl halides is 1. The molecular formula is C27H40FN3OS2. The van der Waals surface area contributed by atoms with Gasteiger partial charge < -0.3 is 15.4 Å². The molecule has 34 heavy (non-hydrogen) atoms. The lowest BCUT2D eigenvalue weighted by Crippen LogP contribution is -2.36. The van der Waals surface area contributed by atoms with Crippen LogP contribution in [0.4, 0.5) is 10.1 Å². The van der Waals surface area contributed by atoms with Gasteiger partial charge >= 0.3 is 0 Å². The third-order valence-corrected chi connectivity index (χ3v) is 8.05. The Balaban J connectivity index is 0.00000129. The van der Waals surface area contributed by atoms with Crippen molar-refractivity contribution < 1.29 is 9.18 Å². The van der Waals surface area contributed by atoms with E-state index in [0.717, 1.165) is 35.5 Å². The number of nitrogens with zero attached hydrogens (tertiary/aromatic N) is 1. The predicted molar refractivity (Wildman–Crippen MR) is 148 cm³/mol. The highest BCUT2D eigenvalue weighted by Crippen LogP contribution is 2.41. The molecule has 0 spiro atoms. The summed E-state index contributed by atoms with van der Waals surface area (Å²) in [5.74, 6) is 1.18. The second kappa shape index (κ2) is 15.3. The smallest absolute Gasteiger partial charge is 0.204 e. The molecule has 1 aliphatic rings. The van der Waals surface area contributed by atoms with Crippen molar-refractivity contribution in [3.8, 4) is 11.1 Å². The van der Waals surface area contributed by atoms with Gasteiger partial charge in [0.1, 0.15) is 5.67 Å². The molecule has 4 nitrogen and oxygen atoms in total. The zero-order valence-corrected chi connectivity index (χ0v) is 22.5. The Bertz CT molecular complexity index is 857. The molecule has 0 aliphatic carbocycles. The summed E-state index contributed by atoms with van der Waals surface area (Å²) < 4.78 is 17.8. The number of carbonyl (C=O) groups is 1. The third-order valence-electron chi connectivity index (χ3n) is 6.21. The number of carbonyl (C=O) groups excluding carboxylic acids is 1. The fraction of sp³-hybridized carbons (Fsp3) is 0.519. The van der Waals surface area contributed by atoms with Gasteiger partial charge in [-0.15, -0.1) is 11.8 Å². The van der Waals surface area contributed by atoms with Crippen LogP contribution in [-0.2, 0) is 10.5 Å². The number of thioether (sulfide) groups is 1. The summed E-state index contributed by atoms with van der Waals surface area (Å²) in [6.07, 6.45) is 10.0. The number of amides is 1. The minimum absolute atomic E-state index is 0.250. The maximum atomic E-state index is 15.7. The van der Waals surface area contributed by atoms with Crippen molar-refractivity contribution in [2.45, 2.75) is 62.4 Å². The molecule has 0 radical (unpaired) electrons. The summed E-state index contributed by atoms with van der Waals surface area (Å²) in [6, 6.07) is 15.0. The van der Waals surface area contributed by atoms with Crippen molar-refractivity contribution in [2.24, 2.45) is 5.73 Å². The molecule has 1 fully saturated rings. The number of primary amides is 1. The molecule has 0 saturated carbocycles. The average molecular weight is 506 g/mol. The lowest BCUT2D eigenvalue weighted by Gasteiger charge is -2.31. The molecule has 3 N–H and O–H groups in total. The van der Waals surface area contributed by atoms with Crippen molar-refractivity contribution in [3.63, 3.8) is 0 Å². The molecule has 7 heteroatoms. The van der Waals surface area contributed by atoms with Gasteiger partial charge in [0.05, 0.1) is 5.69 Å². The van der Waals surface area contributed by atoms with Crippen LogP contribution < -0.4 is 15.4 Å². The van der Waals surface area contributed by atoms with E-state index in [9.17, 15) is 0 Å². The minimum atomic E-state index is -1.23. The summed E-state index contributed by atoms with van der Waals surface area (Å²) in [5, 5.41) is 3.28. The van der Waals surface area contributed by atoms with Crippen molar-refractivity contribution in [2.75, 3.05) is 36.5 Å². The summed E-state index contributed by atoms with van der Waals surface area (Å²) >= 11 is 3.62. The number of rotatable bonds is 11. The Morgan fingerprint density at radius 3 is 2.35 bits per heavy atom. The molecule has 0 bridgehead atoms. The number of piperidine rings is 1. The van der Waals surface area contributed by atoms with E-state index < -0.39 is 5.67 Å². The Hall–Kier alpha value is -1.70. The molecule has 1 amide bonds. The van der Waals surface area contributed by atoms with Crippen molar-refractivity contribution in [3.05, 3.63) is 48.0 Å². The maximum absolute atomic E-state index is 15.7. The van der Waals surface area contributed by atoms with Crippen LogP contribution in [0.2, 0.25) is 0 Å². The molecule has 0 aromatic heterocycles. The van der Waals surface area contributed by atoms with Gasteiger partial charge in [0.25, 0.3) is 0 Å². The average Bonchev–Trinajstić information content (AvgIpc) is 2.86. The number of unbranched alkanes of at least 4 members (excludes halogenated alkanes) is 4. The standard InChI is InChI=1S/C26H37FN2S2.CH3NO/c1-4-5-6-7-8-19-31-23-12-9-21(10-13-23)24-20-22(11-14-25(24)29(2)30-3)26(27)15-17-28-18-16-26;2-1-3/h9-14,20,28H,4-8,15-19H2,1-3H3;1H,(H2,2,3). The summed E-state index contributed by atoms with van der Waals surface area (Å²) in [6.45, 7) is 3.74. The van der Waals surface area contributed by atoms with Gasteiger partial charge in [-0.2, -0.15) is 0 Å². The molecule has 0 atom stereocenters. The fourth-order valence-corrected chi connectivity index (χ4v) is 5.43. The highest BCUT2D eigenvalue weighted by Gasteiger charge is 2.34. The number of nitrogens with two attached hydrogens (primary N) is 1. The fourth-order valence-electron chi connectivity index (χ4n) is 4.16. The minimum Gasteiger partial charge on any atom is -0.372 e. The Kier molecular flexibility index (Phi) is 12.9. The van der Waals surface area contributed by atoms with E-state index in [2.05, 4.69) is 72.0 Å². The van der Waals surface area contributed by atoms with Crippen molar-refractivity contribution >= 4 is 35.8 Å². The van der Waals surface area contributed by atoms with E-state index >= 15 is 4.39 Å². The van der Waals surface area contributed by atoms with Crippen LogP contribution in [0.5, 0.6) is 0 Å². The summed E-state index contributed by atoms with van der Waals surface area (Å²) in [4.78, 5) is 9.90. The largest absolute Gasteiger partial charge is 0.372 e. The highest BCUT2D eigenvalue weighted by atomic mass is 32.2. The van der Waals surface area contributed by atoms with E-state index in [-0.39, 0.29) is 6.41 Å². The molecule has 3 rings (SSSR count). The van der Waals surface area contributed by atoms with Crippen LogP contribution in [0.25, 0.3) is 11.1 Å². The van der Waals surface area contributed by atoms with Gasteiger partial charge in [-0.1, -0.05) is 62.8 Å². The number of anilines is 1. The maximum Gasteiger partial charge on any atom is 0.204 e. The van der Waals surface area contributed by atoms with Gasteiger partial charge in [0.2, 0.25) is 6.41 Å². The molecule has 188 valence electrons. The van der Waals surface area contributed by atoms with Gasteiger partial charge in [0.15, 0.2) is 0 Å². The van der Waals surface area contributed by atoms with E-state index in [1.807, 2.05) is 17.8 Å². The SMILES string of the molecule is CCCCCCCSc1ccc(-c2cc(C3(F)CCNCC3)ccc2N(C)SC)cc1.NC=O. The first-order chi connectivity index (χ1) is 16.5. The van der Waals surface area contributed by atoms with Gasteiger partial charge in [-0.25, -0.2) is 4.39 Å². The summed E-state index contributed by atoms with van der Waals surface area (Å²) in [5.41, 5.74) is 7.14. The Morgan fingerprint density at radius 1 is 1.09 bits per heavy atom. The van der Waals surface area contributed by atoms with E-state index in [0.29, 0.717) is 12.8 Å². The van der Waals surface area contributed by atoms with Gasteiger partial charge in [0, 0.05) is 23.8 Å². The number of nitrogens with one attached hydrogen (secondary N) is 1. The molecule has 1 saturated heterocycles. The molecule has 0 unspecified atom stereocenters. The van der Waals surface area contributed by atoms with Crippen LogP contribution in [-0.4, -0.2) is 38.6 Å². The van der Waals surface area contributed by atoms with Gasteiger partial charge in [-0.05, 0) is 73.5 Å². The van der Waals surface area contributed by atoms with Crippen LogP contribution in [0, 0.1) is 0 Å². The monoisotopic (exact) mass is 505 g/mol. The normalized spacial score (nSPS) is 14.7. The first-order valence-electron chi connectivity index (χ1n) is 12.2. The first kappa shape index (κ1) is 28.5. The summed E-state index contributed by atoms with van der Waals surface area (Å²) in [7, 11) is 2.07. The molecule has 1 heterocycles. The molecular weight excluding hydrogens is 465 g/mol. The zero-order valence-electron chi connectivity index (χ0n) is 20.8. The number of hydrogen-bond acceptors (Lipinski definition) is 5. The van der Waals surface area contributed by atoms with Crippen LogP contribution in [0.1, 0.15) is 57.4 Å². The second-order valence-electron chi connectivity index (χ2n) is 8.55.